The Balaban J connectivity index is 1.88. The molecule has 9 heteroatoms. The first-order chi connectivity index (χ1) is 15.6. The fourth-order valence-corrected chi connectivity index (χ4v) is 4.72. The Hall–Kier alpha value is -3.72. The number of nitrogens with one attached hydrogen (secondary N) is 1. The molecule has 172 valence electrons. The fourth-order valence-electron chi connectivity index (χ4n) is 3.24. The van der Waals surface area contributed by atoms with Crippen molar-refractivity contribution in [2.45, 2.75) is 25.3 Å². The highest BCUT2D eigenvalue weighted by Crippen LogP contribution is 2.27. The van der Waals surface area contributed by atoms with Crippen molar-refractivity contribution in [1.29, 1.82) is 0 Å². The van der Waals surface area contributed by atoms with Crippen molar-refractivity contribution < 1.29 is 27.5 Å². The van der Waals surface area contributed by atoms with Gasteiger partial charge in [-0.05, 0) is 67.4 Å². The van der Waals surface area contributed by atoms with Gasteiger partial charge in [-0.15, -0.1) is 0 Å². The van der Waals surface area contributed by atoms with E-state index in [0.29, 0.717) is 11.1 Å². The SMILES string of the molecule is Cc1ccc(S(=O)(=O)N(CC(=O)NCc2cccc(C(=O)O)c2)c2ccc(F)cc2C)cc1. The number of amides is 1. The Morgan fingerprint density at radius 3 is 2.33 bits per heavy atom. The number of benzene rings is 3. The average Bonchev–Trinajstić information content (AvgIpc) is 2.77. The molecule has 0 bridgehead atoms. The van der Waals surface area contributed by atoms with E-state index in [2.05, 4.69) is 5.32 Å². The standard InChI is InChI=1S/C24H23FN2O5S/c1-16-6-9-21(10-7-16)33(31,32)27(22-11-8-20(25)12-17(22)2)15-23(28)26-14-18-4-3-5-19(13-18)24(29)30/h3-13H,14-15H2,1-2H3,(H,26,28)(H,29,30). The number of carbonyl (C=O) groups excluding carboxylic acids is 1. The zero-order chi connectivity index (χ0) is 24.2. The average molecular weight is 471 g/mol. The molecule has 0 fully saturated rings. The molecule has 2 N–H and O–H groups in total. The number of sulfonamides is 1. The fraction of sp³-hybridized carbons (Fsp3) is 0.167. The molecule has 3 aromatic carbocycles. The summed E-state index contributed by atoms with van der Waals surface area (Å²) < 4.78 is 41.4. The van der Waals surface area contributed by atoms with E-state index in [1.54, 1.807) is 31.2 Å². The van der Waals surface area contributed by atoms with E-state index in [-0.39, 0.29) is 22.7 Å². The molecule has 0 unspecified atom stereocenters. The number of anilines is 1. The van der Waals surface area contributed by atoms with Gasteiger partial charge in [-0.3, -0.25) is 9.10 Å². The molecule has 3 aromatic rings. The number of carboxylic acid groups (broad SMARTS) is 1. The van der Waals surface area contributed by atoms with Crippen molar-refractivity contribution in [3.05, 3.63) is 94.8 Å². The summed E-state index contributed by atoms with van der Waals surface area (Å²) in [7, 11) is -4.13. The number of carboxylic acids is 1. The topological polar surface area (TPSA) is 104 Å². The number of aromatic carboxylic acids is 1. The minimum absolute atomic E-state index is 0.00113. The molecule has 0 saturated carbocycles. The molecular weight excluding hydrogens is 447 g/mol. The van der Waals surface area contributed by atoms with Gasteiger partial charge in [0.05, 0.1) is 16.1 Å². The number of aryl methyl sites for hydroxylation is 2. The molecule has 0 aliphatic heterocycles. The van der Waals surface area contributed by atoms with Gasteiger partial charge in [0.1, 0.15) is 12.4 Å². The van der Waals surface area contributed by atoms with Crippen molar-refractivity contribution in [1.82, 2.24) is 5.32 Å². The van der Waals surface area contributed by atoms with E-state index in [9.17, 15) is 22.4 Å². The summed E-state index contributed by atoms with van der Waals surface area (Å²) in [4.78, 5) is 23.8. The summed E-state index contributed by atoms with van der Waals surface area (Å²) in [6.45, 7) is 2.86. The van der Waals surface area contributed by atoms with Gasteiger partial charge in [0.25, 0.3) is 10.0 Å². The minimum atomic E-state index is -4.13. The van der Waals surface area contributed by atoms with Crippen molar-refractivity contribution in [2.24, 2.45) is 0 Å². The first kappa shape index (κ1) is 23.9. The van der Waals surface area contributed by atoms with Crippen LogP contribution in [-0.2, 0) is 21.4 Å². The van der Waals surface area contributed by atoms with Crippen molar-refractivity contribution in [3.63, 3.8) is 0 Å². The number of hydrogen-bond acceptors (Lipinski definition) is 4. The maximum absolute atomic E-state index is 13.6. The molecule has 0 aliphatic rings. The summed E-state index contributed by atoms with van der Waals surface area (Å²) in [5.74, 6) is -2.22. The normalized spacial score (nSPS) is 11.1. The summed E-state index contributed by atoms with van der Waals surface area (Å²) in [5, 5.41) is 11.7. The second-order valence-electron chi connectivity index (χ2n) is 7.54. The molecule has 0 spiro atoms. The van der Waals surface area contributed by atoms with Crippen LogP contribution in [0.5, 0.6) is 0 Å². The van der Waals surface area contributed by atoms with E-state index in [0.717, 1.165) is 15.9 Å². The van der Waals surface area contributed by atoms with E-state index in [4.69, 9.17) is 5.11 Å². The number of rotatable bonds is 8. The van der Waals surface area contributed by atoms with Crippen LogP contribution in [-0.4, -0.2) is 31.9 Å². The first-order valence-electron chi connectivity index (χ1n) is 10.0. The lowest BCUT2D eigenvalue weighted by atomic mass is 10.1. The smallest absolute Gasteiger partial charge is 0.335 e. The summed E-state index contributed by atoms with van der Waals surface area (Å²) >= 11 is 0. The van der Waals surface area contributed by atoms with Crippen LogP contribution in [0.4, 0.5) is 10.1 Å². The number of hydrogen-bond donors (Lipinski definition) is 2. The maximum Gasteiger partial charge on any atom is 0.335 e. The molecule has 0 aromatic heterocycles. The van der Waals surface area contributed by atoms with Gasteiger partial charge >= 0.3 is 5.97 Å². The lowest BCUT2D eigenvalue weighted by Crippen LogP contribution is -2.41. The number of carbonyl (C=O) groups is 2. The molecular formula is C24H23FN2O5S. The Morgan fingerprint density at radius 2 is 1.70 bits per heavy atom. The Labute approximate surface area is 191 Å². The van der Waals surface area contributed by atoms with Crippen LogP contribution in [0.15, 0.2) is 71.6 Å². The molecule has 0 saturated heterocycles. The Bertz CT molecular complexity index is 1290. The van der Waals surface area contributed by atoms with Gasteiger partial charge in [-0.2, -0.15) is 0 Å². The van der Waals surface area contributed by atoms with Crippen molar-refractivity contribution >= 4 is 27.6 Å². The number of halogens is 1. The largest absolute Gasteiger partial charge is 0.478 e. The van der Waals surface area contributed by atoms with Gasteiger partial charge in [0, 0.05) is 6.54 Å². The van der Waals surface area contributed by atoms with Crippen LogP contribution < -0.4 is 9.62 Å². The second-order valence-corrected chi connectivity index (χ2v) is 9.40. The van der Waals surface area contributed by atoms with Crippen molar-refractivity contribution in [3.8, 4) is 0 Å². The minimum Gasteiger partial charge on any atom is -0.478 e. The highest BCUT2D eigenvalue weighted by Gasteiger charge is 2.28. The van der Waals surface area contributed by atoms with Gasteiger partial charge < -0.3 is 10.4 Å². The molecule has 0 aliphatic carbocycles. The second kappa shape index (κ2) is 9.83. The van der Waals surface area contributed by atoms with Crippen LogP contribution >= 0.6 is 0 Å². The quantitative estimate of drug-likeness (QED) is 0.523. The van der Waals surface area contributed by atoms with Crippen LogP contribution in [0.2, 0.25) is 0 Å². The Kier molecular flexibility index (Phi) is 7.13. The lowest BCUT2D eigenvalue weighted by molar-refractivity contribution is -0.119. The summed E-state index contributed by atoms with van der Waals surface area (Å²) in [6.07, 6.45) is 0. The van der Waals surface area contributed by atoms with Gasteiger partial charge in [-0.1, -0.05) is 29.8 Å². The van der Waals surface area contributed by atoms with Crippen LogP contribution in [0, 0.1) is 19.7 Å². The molecule has 3 rings (SSSR count). The van der Waals surface area contributed by atoms with Crippen LogP contribution in [0.25, 0.3) is 0 Å². The highest BCUT2D eigenvalue weighted by molar-refractivity contribution is 7.92. The zero-order valence-electron chi connectivity index (χ0n) is 18.1. The van der Waals surface area contributed by atoms with E-state index < -0.39 is 34.3 Å². The van der Waals surface area contributed by atoms with Gasteiger partial charge in [-0.25, -0.2) is 17.6 Å². The predicted molar refractivity (Wildman–Crippen MR) is 122 cm³/mol. The van der Waals surface area contributed by atoms with Gasteiger partial charge in [0.15, 0.2) is 0 Å². The monoisotopic (exact) mass is 470 g/mol. The molecule has 0 radical (unpaired) electrons. The van der Waals surface area contributed by atoms with Gasteiger partial charge in [0.2, 0.25) is 5.91 Å². The predicted octanol–water partition coefficient (Wildman–Crippen LogP) is 3.65. The molecule has 0 heterocycles. The van der Waals surface area contributed by atoms with Crippen molar-refractivity contribution in [2.75, 3.05) is 10.8 Å². The third-order valence-corrected chi connectivity index (χ3v) is 6.76. The molecule has 0 atom stereocenters. The third-order valence-electron chi connectivity index (χ3n) is 4.99. The number of nitrogens with zero attached hydrogens (tertiary/aromatic N) is 1. The lowest BCUT2D eigenvalue weighted by Gasteiger charge is -2.25. The van der Waals surface area contributed by atoms with E-state index >= 15 is 0 Å². The summed E-state index contributed by atoms with van der Waals surface area (Å²) in [5.41, 5.74) is 2.04. The summed E-state index contributed by atoms with van der Waals surface area (Å²) in [6, 6.07) is 15.9. The van der Waals surface area contributed by atoms with E-state index in [1.165, 1.54) is 36.4 Å². The maximum atomic E-state index is 13.6. The third kappa shape index (κ3) is 5.75. The first-order valence-corrected chi connectivity index (χ1v) is 11.5. The van der Waals surface area contributed by atoms with Crippen LogP contribution in [0.1, 0.15) is 27.0 Å². The molecule has 7 nitrogen and oxygen atoms in total. The van der Waals surface area contributed by atoms with Crippen LogP contribution in [0.3, 0.4) is 0 Å². The van der Waals surface area contributed by atoms with E-state index in [1.807, 2.05) is 6.92 Å². The molecule has 33 heavy (non-hydrogen) atoms. The molecule has 1 amide bonds. The Morgan fingerprint density at radius 1 is 1.00 bits per heavy atom. The highest BCUT2D eigenvalue weighted by atomic mass is 32.2. The zero-order valence-corrected chi connectivity index (χ0v) is 18.9.